The quantitative estimate of drug-likeness (QED) is 0.886. The van der Waals surface area contributed by atoms with E-state index in [0.717, 1.165) is 17.7 Å². The van der Waals surface area contributed by atoms with Gasteiger partial charge in [0, 0.05) is 43.0 Å². The molecule has 0 bridgehead atoms. The third-order valence-electron chi connectivity index (χ3n) is 3.27. The Bertz CT molecular complexity index is 587. The van der Waals surface area contributed by atoms with Crippen LogP contribution in [0.5, 0.6) is 0 Å². The van der Waals surface area contributed by atoms with Gasteiger partial charge in [-0.25, -0.2) is 4.79 Å². The van der Waals surface area contributed by atoms with Gasteiger partial charge in [-0.15, -0.1) is 0 Å². The first-order chi connectivity index (χ1) is 10.7. The number of halogens is 1. The number of amides is 2. The summed E-state index contributed by atoms with van der Waals surface area (Å²) in [5, 5.41) is 3.55. The van der Waals surface area contributed by atoms with Crippen LogP contribution in [0.3, 0.4) is 0 Å². The van der Waals surface area contributed by atoms with Gasteiger partial charge >= 0.3 is 6.03 Å². The number of carbonyl (C=O) groups is 1. The molecule has 0 radical (unpaired) electrons. The Morgan fingerprint density at radius 2 is 2.00 bits per heavy atom. The molecule has 4 nitrogen and oxygen atoms in total. The first-order valence-corrected chi connectivity index (χ1v) is 7.74. The van der Waals surface area contributed by atoms with Crippen LogP contribution in [0.2, 0.25) is 5.02 Å². The lowest BCUT2D eigenvalue weighted by Gasteiger charge is -2.23. The Morgan fingerprint density at radius 3 is 2.64 bits per heavy atom. The molecule has 2 aromatic rings. The second-order valence-electron chi connectivity index (χ2n) is 4.95. The number of nitrogens with one attached hydrogen (secondary N) is 1. The van der Waals surface area contributed by atoms with Crippen molar-refractivity contribution >= 4 is 17.6 Å². The standard InChI is InChI=1S/C17H20ClN3O/c1-2-19-17(22)21(12-10-16-5-3-4-11-20-16)13-14-6-8-15(18)9-7-14/h3-9,11H,2,10,12-13H2,1H3,(H,19,22). The van der Waals surface area contributed by atoms with Crippen LogP contribution in [0.1, 0.15) is 18.2 Å². The lowest BCUT2D eigenvalue weighted by Crippen LogP contribution is -2.40. The smallest absolute Gasteiger partial charge is 0.317 e. The molecule has 1 N–H and O–H groups in total. The molecule has 0 unspecified atom stereocenters. The van der Waals surface area contributed by atoms with Gasteiger partial charge in [0.2, 0.25) is 0 Å². The van der Waals surface area contributed by atoms with Gasteiger partial charge in [-0.05, 0) is 36.8 Å². The zero-order chi connectivity index (χ0) is 15.8. The first kappa shape index (κ1) is 16.3. The number of aromatic nitrogens is 1. The highest BCUT2D eigenvalue weighted by molar-refractivity contribution is 6.30. The van der Waals surface area contributed by atoms with E-state index in [-0.39, 0.29) is 6.03 Å². The lowest BCUT2D eigenvalue weighted by molar-refractivity contribution is 0.196. The van der Waals surface area contributed by atoms with E-state index in [4.69, 9.17) is 11.6 Å². The van der Waals surface area contributed by atoms with Crippen LogP contribution in [0.15, 0.2) is 48.7 Å². The summed E-state index contributed by atoms with van der Waals surface area (Å²) in [6.07, 6.45) is 2.50. The second kappa shape index (κ2) is 8.39. The Hall–Kier alpha value is -2.07. The molecular formula is C17H20ClN3O. The highest BCUT2D eigenvalue weighted by Crippen LogP contribution is 2.12. The second-order valence-corrected chi connectivity index (χ2v) is 5.39. The van der Waals surface area contributed by atoms with Crippen LogP contribution in [0.4, 0.5) is 4.79 Å². The van der Waals surface area contributed by atoms with Gasteiger partial charge in [0.05, 0.1) is 0 Å². The van der Waals surface area contributed by atoms with Crippen molar-refractivity contribution in [2.24, 2.45) is 0 Å². The van der Waals surface area contributed by atoms with E-state index in [2.05, 4.69) is 10.3 Å². The Morgan fingerprint density at radius 1 is 1.23 bits per heavy atom. The fourth-order valence-corrected chi connectivity index (χ4v) is 2.25. The first-order valence-electron chi connectivity index (χ1n) is 7.36. The molecule has 0 atom stereocenters. The van der Waals surface area contributed by atoms with Crippen LogP contribution < -0.4 is 5.32 Å². The topological polar surface area (TPSA) is 45.2 Å². The van der Waals surface area contributed by atoms with Crippen LogP contribution in [-0.2, 0) is 13.0 Å². The predicted octanol–water partition coefficient (Wildman–Crippen LogP) is 3.51. The number of benzene rings is 1. The summed E-state index contributed by atoms with van der Waals surface area (Å²) < 4.78 is 0. The van der Waals surface area contributed by atoms with E-state index in [1.807, 2.05) is 49.4 Å². The van der Waals surface area contributed by atoms with Crippen molar-refractivity contribution in [3.63, 3.8) is 0 Å². The van der Waals surface area contributed by atoms with E-state index in [1.165, 1.54) is 0 Å². The minimum atomic E-state index is -0.0617. The summed E-state index contributed by atoms with van der Waals surface area (Å²) in [6, 6.07) is 13.3. The summed E-state index contributed by atoms with van der Waals surface area (Å²) in [4.78, 5) is 18.3. The summed E-state index contributed by atoms with van der Waals surface area (Å²) in [5.41, 5.74) is 2.03. The molecule has 1 aromatic heterocycles. The van der Waals surface area contributed by atoms with E-state index >= 15 is 0 Å². The molecule has 2 amide bonds. The minimum Gasteiger partial charge on any atom is -0.338 e. The van der Waals surface area contributed by atoms with Crippen molar-refractivity contribution in [1.29, 1.82) is 0 Å². The third kappa shape index (κ3) is 5.04. The molecule has 0 aliphatic carbocycles. The van der Waals surface area contributed by atoms with Crippen molar-refractivity contribution in [2.45, 2.75) is 19.9 Å². The highest BCUT2D eigenvalue weighted by atomic mass is 35.5. The number of rotatable bonds is 6. The number of urea groups is 1. The molecule has 0 fully saturated rings. The molecule has 22 heavy (non-hydrogen) atoms. The molecule has 0 aliphatic rings. The maximum atomic E-state index is 12.2. The summed E-state index contributed by atoms with van der Waals surface area (Å²) in [5.74, 6) is 0. The predicted molar refractivity (Wildman–Crippen MR) is 88.9 cm³/mol. The van der Waals surface area contributed by atoms with Crippen molar-refractivity contribution in [3.8, 4) is 0 Å². The van der Waals surface area contributed by atoms with Crippen LogP contribution in [0.25, 0.3) is 0 Å². The molecule has 0 saturated heterocycles. The SMILES string of the molecule is CCNC(=O)N(CCc1ccccn1)Cc1ccc(Cl)cc1. The van der Waals surface area contributed by atoms with Crippen molar-refractivity contribution in [3.05, 3.63) is 64.9 Å². The van der Waals surface area contributed by atoms with Gasteiger partial charge in [-0.1, -0.05) is 29.8 Å². The molecule has 2 rings (SSSR count). The Kier molecular flexibility index (Phi) is 6.22. The van der Waals surface area contributed by atoms with Gasteiger partial charge in [0.1, 0.15) is 0 Å². The zero-order valence-electron chi connectivity index (χ0n) is 12.6. The fraction of sp³-hybridized carbons (Fsp3) is 0.294. The minimum absolute atomic E-state index is 0.0617. The van der Waals surface area contributed by atoms with Gasteiger partial charge in [-0.2, -0.15) is 0 Å². The normalized spacial score (nSPS) is 10.3. The Labute approximate surface area is 136 Å². The van der Waals surface area contributed by atoms with E-state index in [0.29, 0.717) is 24.7 Å². The van der Waals surface area contributed by atoms with Gasteiger partial charge in [0.25, 0.3) is 0 Å². The number of nitrogens with zero attached hydrogens (tertiary/aromatic N) is 2. The summed E-state index contributed by atoms with van der Waals surface area (Å²) >= 11 is 5.90. The average molecular weight is 318 g/mol. The number of carbonyl (C=O) groups excluding carboxylic acids is 1. The molecule has 5 heteroatoms. The molecule has 0 aliphatic heterocycles. The third-order valence-corrected chi connectivity index (χ3v) is 3.52. The van der Waals surface area contributed by atoms with Crippen LogP contribution in [0, 0.1) is 0 Å². The zero-order valence-corrected chi connectivity index (χ0v) is 13.4. The molecule has 1 aromatic carbocycles. The van der Waals surface area contributed by atoms with Crippen LogP contribution >= 0.6 is 11.6 Å². The monoisotopic (exact) mass is 317 g/mol. The van der Waals surface area contributed by atoms with Crippen molar-refractivity contribution in [2.75, 3.05) is 13.1 Å². The number of pyridine rings is 1. The summed E-state index contributed by atoms with van der Waals surface area (Å²) in [6.45, 7) is 3.69. The average Bonchev–Trinajstić information content (AvgIpc) is 2.54. The molecular weight excluding hydrogens is 298 g/mol. The van der Waals surface area contributed by atoms with Gasteiger partial charge < -0.3 is 10.2 Å². The maximum Gasteiger partial charge on any atom is 0.317 e. The molecule has 0 spiro atoms. The van der Waals surface area contributed by atoms with E-state index in [1.54, 1.807) is 11.1 Å². The van der Waals surface area contributed by atoms with E-state index in [9.17, 15) is 4.79 Å². The Balaban J connectivity index is 2.02. The van der Waals surface area contributed by atoms with Crippen LogP contribution in [-0.4, -0.2) is 29.0 Å². The number of hydrogen-bond acceptors (Lipinski definition) is 2. The fourth-order valence-electron chi connectivity index (χ4n) is 2.12. The maximum absolute atomic E-state index is 12.2. The van der Waals surface area contributed by atoms with Gasteiger partial charge in [0.15, 0.2) is 0 Å². The van der Waals surface area contributed by atoms with Crippen molar-refractivity contribution in [1.82, 2.24) is 15.2 Å². The van der Waals surface area contributed by atoms with Crippen molar-refractivity contribution < 1.29 is 4.79 Å². The lowest BCUT2D eigenvalue weighted by atomic mass is 10.2. The number of hydrogen-bond donors (Lipinski definition) is 1. The largest absolute Gasteiger partial charge is 0.338 e. The highest BCUT2D eigenvalue weighted by Gasteiger charge is 2.13. The molecule has 1 heterocycles. The molecule has 0 saturated carbocycles. The van der Waals surface area contributed by atoms with Gasteiger partial charge in [-0.3, -0.25) is 4.98 Å². The summed E-state index contributed by atoms with van der Waals surface area (Å²) in [7, 11) is 0. The van der Waals surface area contributed by atoms with E-state index < -0.39 is 0 Å². The molecule has 116 valence electrons.